The molecule has 16 heavy (non-hydrogen) atoms. The lowest BCUT2D eigenvalue weighted by molar-refractivity contribution is 0.632. The van der Waals surface area contributed by atoms with Gasteiger partial charge in [0.05, 0.1) is 18.1 Å². The predicted octanol–water partition coefficient (Wildman–Crippen LogP) is 3.14. The first-order valence-electron chi connectivity index (χ1n) is 4.90. The second-order valence-electron chi connectivity index (χ2n) is 3.50. The maximum absolute atomic E-state index is 5.75. The van der Waals surface area contributed by atoms with Crippen LogP contribution in [0.25, 0.3) is 0 Å². The number of hydrogen-bond acceptors (Lipinski definition) is 2. The van der Waals surface area contributed by atoms with Crippen molar-refractivity contribution in [2.24, 2.45) is 0 Å². The van der Waals surface area contributed by atoms with E-state index in [1.165, 1.54) is 5.56 Å². The maximum Gasteiger partial charge on any atom is 0.100 e. The van der Waals surface area contributed by atoms with Crippen LogP contribution in [0.3, 0.4) is 0 Å². The first-order valence-corrected chi connectivity index (χ1v) is 6.23. The lowest BCUT2D eigenvalue weighted by atomic mass is 10.2. The average molecular weight is 301 g/mol. The van der Waals surface area contributed by atoms with Crippen molar-refractivity contribution in [1.82, 2.24) is 15.0 Å². The van der Waals surface area contributed by atoms with E-state index in [-0.39, 0.29) is 0 Å². The average Bonchev–Trinajstić information content (AvgIpc) is 2.63. The highest BCUT2D eigenvalue weighted by atomic mass is 79.9. The molecule has 1 heterocycles. The third kappa shape index (κ3) is 2.28. The Bertz CT molecular complexity index is 496. The molecule has 0 N–H and O–H groups in total. The fourth-order valence-corrected chi connectivity index (χ4v) is 2.11. The lowest BCUT2D eigenvalue weighted by Gasteiger charge is -2.05. The maximum atomic E-state index is 5.75. The van der Waals surface area contributed by atoms with Gasteiger partial charge in [0.1, 0.15) is 5.69 Å². The molecule has 0 aliphatic heterocycles. The molecule has 3 nitrogen and oxygen atoms in total. The number of alkyl halides is 1. The summed E-state index contributed by atoms with van der Waals surface area (Å²) < 4.78 is 2.94. The van der Waals surface area contributed by atoms with E-state index in [9.17, 15) is 0 Å². The Morgan fingerprint density at radius 3 is 2.75 bits per heavy atom. The van der Waals surface area contributed by atoms with Crippen molar-refractivity contribution >= 4 is 27.5 Å². The molecule has 1 aromatic carbocycles. The Balaban J connectivity index is 2.27. The molecule has 0 unspecified atom stereocenters. The molecule has 0 amide bonds. The topological polar surface area (TPSA) is 30.7 Å². The molecule has 1 aromatic heterocycles. The van der Waals surface area contributed by atoms with E-state index in [1.54, 1.807) is 0 Å². The van der Waals surface area contributed by atoms with Gasteiger partial charge in [0, 0.05) is 4.47 Å². The van der Waals surface area contributed by atoms with Crippen LogP contribution < -0.4 is 0 Å². The first-order chi connectivity index (χ1) is 7.72. The Kier molecular flexibility index (Phi) is 3.61. The van der Waals surface area contributed by atoms with Gasteiger partial charge in [-0.05, 0) is 18.6 Å². The van der Waals surface area contributed by atoms with E-state index in [4.69, 9.17) is 11.6 Å². The number of halogens is 2. The molecule has 0 saturated carbocycles. The zero-order valence-corrected chi connectivity index (χ0v) is 11.2. The van der Waals surface area contributed by atoms with Gasteiger partial charge in [-0.25, -0.2) is 4.68 Å². The van der Waals surface area contributed by atoms with Gasteiger partial charge in [-0.3, -0.25) is 0 Å². The minimum atomic E-state index is 0.405. The van der Waals surface area contributed by atoms with Crippen LogP contribution in [0.2, 0.25) is 0 Å². The Labute approximate surface area is 108 Å². The van der Waals surface area contributed by atoms with Crippen LogP contribution in [0, 0.1) is 6.92 Å². The van der Waals surface area contributed by atoms with Crippen LogP contribution >= 0.6 is 27.5 Å². The molecule has 0 radical (unpaired) electrons. The highest BCUT2D eigenvalue weighted by Gasteiger charge is 2.08. The van der Waals surface area contributed by atoms with Crippen LogP contribution in [-0.4, -0.2) is 15.0 Å². The molecule has 2 rings (SSSR count). The minimum Gasteiger partial charge on any atom is -0.245 e. The molecule has 84 valence electrons. The van der Waals surface area contributed by atoms with Gasteiger partial charge < -0.3 is 0 Å². The van der Waals surface area contributed by atoms with Gasteiger partial charge in [0.2, 0.25) is 0 Å². The van der Waals surface area contributed by atoms with Gasteiger partial charge in [-0.15, -0.1) is 16.7 Å². The van der Waals surface area contributed by atoms with Crippen molar-refractivity contribution in [3.8, 4) is 0 Å². The van der Waals surface area contributed by atoms with Gasteiger partial charge in [0.25, 0.3) is 0 Å². The molecule has 0 fully saturated rings. The third-order valence-corrected chi connectivity index (χ3v) is 3.51. The summed E-state index contributed by atoms with van der Waals surface area (Å²) >= 11 is 9.27. The summed E-state index contributed by atoms with van der Waals surface area (Å²) in [5, 5.41) is 8.11. The summed E-state index contributed by atoms with van der Waals surface area (Å²) in [5.74, 6) is 0.405. The number of rotatable bonds is 3. The molecule has 5 heteroatoms. The summed E-state index contributed by atoms with van der Waals surface area (Å²) in [6.07, 6.45) is 0. The third-order valence-electron chi connectivity index (χ3n) is 2.48. The summed E-state index contributed by atoms with van der Waals surface area (Å²) in [4.78, 5) is 0. The predicted molar refractivity (Wildman–Crippen MR) is 67.6 cm³/mol. The van der Waals surface area contributed by atoms with E-state index < -0.39 is 0 Å². The molecule has 0 aliphatic carbocycles. The van der Waals surface area contributed by atoms with Gasteiger partial charge >= 0.3 is 0 Å². The van der Waals surface area contributed by atoms with Crippen molar-refractivity contribution in [1.29, 1.82) is 0 Å². The summed E-state index contributed by atoms with van der Waals surface area (Å²) in [6.45, 7) is 2.69. The number of nitrogens with zero attached hydrogens (tertiary/aromatic N) is 3. The largest absolute Gasteiger partial charge is 0.245 e. The Morgan fingerprint density at radius 2 is 2.12 bits per heavy atom. The quantitative estimate of drug-likeness (QED) is 0.815. The second kappa shape index (κ2) is 4.97. The monoisotopic (exact) mass is 299 g/mol. The van der Waals surface area contributed by atoms with E-state index in [0.29, 0.717) is 12.4 Å². The van der Waals surface area contributed by atoms with Gasteiger partial charge in [-0.2, -0.15) is 0 Å². The van der Waals surface area contributed by atoms with E-state index in [1.807, 2.05) is 29.8 Å². The van der Waals surface area contributed by atoms with Crippen molar-refractivity contribution in [3.05, 3.63) is 45.7 Å². The highest BCUT2D eigenvalue weighted by molar-refractivity contribution is 9.10. The Hall–Kier alpha value is -0.870. The fourth-order valence-electron chi connectivity index (χ4n) is 1.46. The van der Waals surface area contributed by atoms with Crippen LogP contribution in [0.15, 0.2) is 28.7 Å². The Morgan fingerprint density at radius 1 is 1.38 bits per heavy atom. The zero-order chi connectivity index (χ0) is 11.5. The summed E-state index contributed by atoms with van der Waals surface area (Å²) in [6, 6.07) is 8.08. The van der Waals surface area contributed by atoms with E-state index in [0.717, 1.165) is 15.9 Å². The molecule has 0 saturated heterocycles. The van der Waals surface area contributed by atoms with Crippen LogP contribution in [0.4, 0.5) is 0 Å². The molecule has 0 aliphatic rings. The van der Waals surface area contributed by atoms with Crippen molar-refractivity contribution < 1.29 is 0 Å². The van der Waals surface area contributed by atoms with Crippen LogP contribution in [0.1, 0.15) is 17.0 Å². The van der Waals surface area contributed by atoms with Gasteiger partial charge in [0.15, 0.2) is 0 Å². The van der Waals surface area contributed by atoms with Crippen molar-refractivity contribution in [2.75, 3.05) is 0 Å². The molecular weight excluding hydrogens is 289 g/mol. The molecule has 2 aromatic rings. The molecule has 0 spiro atoms. The second-order valence-corrected chi connectivity index (χ2v) is 4.63. The normalized spacial score (nSPS) is 10.7. The molecule has 0 bridgehead atoms. The first kappa shape index (κ1) is 11.6. The minimum absolute atomic E-state index is 0.405. The summed E-state index contributed by atoms with van der Waals surface area (Å²) in [5.41, 5.74) is 3.04. The van der Waals surface area contributed by atoms with E-state index >= 15 is 0 Å². The number of aromatic nitrogens is 3. The number of benzene rings is 1. The molecule has 0 atom stereocenters. The SMILES string of the molecule is Cc1c(CCl)nnn1Cc1ccccc1Br. The van der Waals surface area contributed by atoms with E-state index in [2.05, 4.69) is 32.3 Å². The van der Waals surface area contributed by atoms with Crippen molar-refractivity contribution in [3.63, 3.8) is 0 Å². The highest BCUT2D eigenvalue weighted by Crippen LogP contribution is 2.18. The van der Waals surface area contributed by atoms with Crippen molar-refractivity contribution in [2.45, 2.75) is 19.3 Å². The smallest absolute Gasteiger partial charge is 0.100 e. The lowest BCUT2D eigenvalue weighted by Crippen LogP contribution is -2.04. The fraction of sp³-hybridized carbons (Fsp3) is 0.273. The van der Waals surface area contributed by atoms with Crippen LogP contribution in [0.5, 0.6) is 0 Å². The van der Waals surface area contributed by atoms with Crippen LogP contribution in [-0.2, 0) is 12.4 Å². The molecular formula is C11H11BrClN3. The zero-order valence-electron chi connectivity index (χ0n) is 8.82. The summed E-state index contributed by atoms with van der Waals surface area (Å²) in [7, 11) is 0. The van der Waals surface area contributed by atoms with Gasteiger partial charge in [-0.1, -0.05) is 39.3 Å². The standard InChI is InChI=1S/C11H11BrClN3/c1-8-11(6-13)14-15-16(8)7-9-4-2-3-5-10(9)12/h2-5H,6-7H2,1H3. The number of hydrogen-bond donors (Lipinski definition) is 0.